The molecule has 2 aliphatic rings. The Morgan fingerprint density at radius 3 is 2.44 bits per heavy atom. The topological polar surface area (TPSA) is 70.4 Å². The maximum absolute atomic E-state index is 12.6. The van der Waals surface area contributed by atoms with Gasteiger partial charge in [0, 0.05) is 38.4 Å². The Kier molecular flexibility index (Phi) is 5.49. The van der Waals surface area contributed by atoms with Gasteiger partial charge in [-0.2, -0.15) is 5.10 Å². The lowest BCUT2D eigenvalue weighted by atomic mass is 9.84. The van der Waals surface area contributed by atoms with Crippen LogP contribution in [0.3, 0.4) is 0 Å². The molecule has 0 unspecified atom stereocenters. The third kappa shape index (κ3) is 4.23. The molecule has 140 valence electrons. The Bertz CT molecular complexity index is 611. The van der Waals surface area contributed by atoms with Crippen LogP contribution in [0.5, 0.6) is 0 Å². The Morgan fingerprint density at radius 2 is 1.88 bits per heavy atom. The van der Waals surface area contributed by atoms with Crippen LogP contribution in [0.1, 0.15) is 66.7 Å². The van der Waals surface area contributed by atoms with E-state index in [1.165, 1.54) is 6.42 Å². The second kappa shape index (κ2) is 7.46. The lowest BCUT2D eigenvalue weighted by molar-refractivity contribution is -0.0312. The monoisotopic (exact) mass is 348 g/mol. The van der Waals surface area contributed by atoms with Gasteiger partial charge in [0.2, 0.25) is 0 Å². The molecule has 0 spiro atoms. The summed E-state index contributed by atoms with van der Waals surface area (Å²) in [6.45, 7) is 6.49. The lowest BCUT2D eigenvalue weighted by Crippen LogP contribution is -2.50. The minimum Gasteiger partial charge on any atom is -0.389 e. The fourth-order valence-corrected chi connectivity index (χ4v) is 4.38. The van der Waals surface area contributed by atoms with Crippen LogP contribution in [0.2, 0.25) is 0 Å². The number of hydrogen-bond acceptors (Lipinski definition) is 4. The number of piperidine rings is 1. The first-order valence-corrected chi connectivity index (χ1v) is 9.64. The average molecular weight is 348 g/mol. The standard InChI is InChI=1S/C19H32N4O2/c1-14-17(15(2)22(3)21-14)18(24)20-16-7-11-23(12-8-16)13-19(25)9-5-4-6-10-19/h16,25H,4-13H2,1-3H3,(H,20,24). The van der Waals surface area contributed by atoms with Gasteiger partial charge in [0.05, 0.1) is 16.9 Å². The van der Waals surface area contributed by atoms with E-state index in [2.05, 4.69) is 15.3 Å². The van der Waals surface area contributed by atoms with Crippen molar-refractivity contribution < 1.29 is 9.90 Å². The lowest BCUT2D eigenvalue weighted by Gasteiger charge is -2.40. The van der Waals surface area contributed by atoms with Crippen molar-refractivity contribution in [3.8, 4) is 0 Å². The van der Waals surface area contributed by atoms with Crippen LogP contribution >= 0.6 is 0 Å². The van der Waals surface area contributed by atoms with Crippen LogP contribution in [0, 0.1) is 13.8 Å². The van der Waals surface area contributed by atoms with Crippen molar-refractivity contribution in [3.63, 3.8) is 0 Å². The summed E-state index contributed by atoms with van der Waals surface area (Å²) >= 11 is 0. The zero-order valence-electron chi connectivity index (χ0n) is 15.8. The minimum atomic E-state index is -0.488. The van der Waals surface area contributed by atoms with Gasteiger partial charge in [-0.1, -0.05) is 19.3 Å². The van der Waals surface area contributed by atoms with Crippen molar-refractivity contribution in [2.45, 2.75) is 70.4 Å². The zero-order chi connectivity index (χ0) is 18.0. The number of β-amino-alcohol motifs (C(OH)–C–C–N with tert-alkyl or cyclic N) is 1. The zero-order valence-corrected chi connectivity index (χ0v) is 15.8. The Morgan fingerprint density at radius 1 is 1.24 bits per heavy atom. The summed E-state index contributed by atoms with van der Waals surface area (Å²) in [5.41, 5.74) is 1.92. The van der Waals surface area contributed by atoms with E-state index in [9.17, 15) is 9.90 Å². The van der Waals surface area contributed by atoms with Gasteiger partial charge in [0.1, 0.15) is 0 Å². The third-order valence-electron chi connectivity index (χ3n) is 5.96. The molecule has 25 heavy (non-hydrogen) atoms. The van der Waals surface area contributed by atoms with Crippen molar-refractivity contribution in [1.82, 2.24) is 20.0 Å². The molecule has 3 rings (SSSR count). The molecular weight excluding hydrogens is 316 g/mol. The van der Waals surface area contributed by atoms with Crippen molar-refractivity contribution in [1.29, 1.82) is 0 Å². The maximum atomic E-state index is 12.6. The second-order valence-electron chi connectivity index (χ2n) is 7.98. The van der Waals surface area contributed by atoms with Gasteiger partial charge in [-0.05, 0) is 39.5 Å². The van der Waals surface area contributed by atoms with Crippen molar-refractivity contribution in [2.75, 3.05) is 19.6 Å². The molecule has 6 nitrogen and oxygen atoms in total. The number of aryl methyl sites for hydroxylation is 2. The first-order chi connectivity index (χ1) is 11.9. The minimum absolute atomic E-state index is 0.00698. The highest BCUT2D eigenvalue weighted by Crippen LogP contribution is 2.29. The first-order valence-electron chi connectivity index (χ1n) is 9.64. The Hall–Kier alpha value is -1.40. The number of carbonyl (C=O) groups is 1. The summed E-state index contributed by atoms with van der Waals surface area (Å²) in [7, 11) is 1.87. The van der Waals surface area contributed by atoms with Crippen LogP contribution < -0.4 is 5.32 Å². The molecular formula is C19H32N4O2. The second-order valence-corrected chi connectivity index (χ2v) is 7.98. The number of nitrogens with one attached hydrogen (secondary N) is 1. The number of carbonyl (C=O) groups excluding carboxylic acids is 1. The average Bonchev–Trinajstić information content (AvgIpc) is 2.82. The summed E-state index contributed by atoms with van der Waals surface area (Å²) in [6, 6.07) is 0.212. The predicted molar refractivity (Wildman–Crippen MR) is 97.6 cm³/mol. The van der Waals surface area contributed by atoms with E-state index in [0.29, 0.717) is 5.56 Å². The molecule has 2 N–H and O–H groups in total. The molecule has 0 aromatic carbocycles. The molecule has 2 fully saturated rings. The van der Waals surface area contributed by atoms with E-state index in [1.54, 1.807) is 4.68 Å². The molecule has 2 heterocycles. The SMILES string of the molecule is Cc1nn(C)c(C)c1C(=O)NC1CCN(CC2(O)CCCCC2)CC1. The van der Waals surface area contributed by atoms with Crippen LogP contribution in [-0.4, -0.2) is 57.0 Å². The summed E-state index contributed by atoms with van der Waals surface area (Å²) in [6.07, 6.45) is 7.30. The van der Waals surface area contributed by atoms with Gasteiger partial charge in [0.15, 0.2) is 0 Å². The highest BCUT2D eigenvalue weighted by atomic mass is 16.3. The molecule has 0 atom stereocenters. The quantitative estimate of drug-likeness (QED) is 0.872. The van der Waals surface area contributed by atoms with Crippen LogP contribution in [0.25, 0.3) is 0 Å². The summed E-state index contributed by atoms with van der Waals surface area (Å²) < 4.78 is 1.76. The Labute approximate surface area is 150 Å². The molecule has 1 aromatic rings. The maximum Gasteiger partial charge on any atom is 0.255 e. The molecule has 0 bridgehead atoms. The Balaban J connectivity index is 1.50. The molecule has 1 aromatic heterocycles. The molecule has 1 aliphatic heterocycles. The number of rotatable bonds is 4. The van der Waals surface area contributed by atoms with E-state index in [4.69, 9.17) is 0 Å². The first kappa shape index (κ1) is 18.4. The molecule has 6 heteroatoms. The predicted octanol–water partition coefficient (Wildman–Crippen LogP) is 1.93. The number of hydrogen-bond donors (Lipinski definition) is 2. The van der Waals surface area contributed by atoms with Crippen LogP contribution in [0.15, 0.2) is 0 Å². The number of nitrogens with zero attached hydrogens (tertiary/aromatic N) is 3. The van der Waals surface area contributed by atoms with E-state index in [1.807, 2.05) is 20.9 Å². The summed E-state index contributed by atoms with van der Waals surface area (Å²) in [5, 5.41) is 18.2. The fourth-order valence-electron chi connectivity index (χ4n) is 4.38. The van der Waals surface area contributed by atoms with Crippen molar-refractivity contribution in [3.05, 3.63) is 17.0 Å². The summed E-state index contributed by atoms with van der Waals surface area (Å²) in [5.74, 6) is -0.00698. The molecule has 1 aliphatic carbocycles. The third-order valence-corrected chi connectivity index (χ3v) is 5.96. The van der Waals surface area contributed by atoms with Gasteiger partial charge < -0.3 is 15.3 Å². The van der Waals surface area contributed by atoms with E-state index in [0.717, 1.165) is 69.5 Å². The molecule has 1 saturated heterocycles. The van der Waals surface area contributed by atoms with Crippen LogP contribution in [-0.2, 0) is 7.05 Å². The van der Waals surface area contributed by atoms with E-state index in [-0.39, 0.29) is 11.9 Å². The van der Waals surface area contributed by atoms with E-state index < -0.39 is 5.60 Å². The van der Waals surface area contributed by atoms with Gasteiger partial charge in [0.25, 0.3) is 5.91 Å². The number of amides is 1. The number of likely N-dealkylation sites (tertiary alicyclic amines) is 1. The van der Waals surface area contributed by atoms with Gasteiger partial charge in [-0.15, -0.1) is 0 Å². The number of aromatic nitrogens is 2. The van der Waals surface area contributed by atoms with E-state index >= 15 is 0 Å². The highest BCUT2D eigenvalue weighted by molar-refractivity contribution is 5.96. The van der Waals surface area contributed by atoms with Crippen molar-refractivity contribution >= 4 is 5.91 Å². The molecule has 0 radical (unpaired) electrons. The smallest absolute Gasteiger partial charge is 0.255 e. The van der Waals surface area contributed by atoms with Crippen LogP contribution in [0.4, 0.5) is 0 Å². The van der Waals surface area contributed by atoms with Gasteiger partial charge in [-0.25, -0.2) is 0 Å². The number of aliphatic hydroxyl groups is 1. The largest absolute Gasteiger partial charge is 0.389 e. The molecule has 1 saturated carbocycles. The van der Waals surface area contributed by atoms with Crippen molar-refractivity contribution in [2.24, 2.45) is 7.05 Å². The van der Waals surface area contributed by atoms with Gasteiger partial charge in [-0.3, -0.25) is 9.48 Å². The normalized spacial score (nSPS) is 22.1. The summed E-state index contributed by atoms with van der Waals surface area (Å²) in [4.78, 5) is 15.0. The molecule has 1 amide bonds. The fraction of sp³-hybridized carbons (Fsp3) is 0.789. The highest BCUT2D eigenvalue weighted by Gasteiger charge is 2.33. The van der Waals surface area contributed by atoms with Gasteiger partial charge >= 0.3 is 0 Å².